The molecule has 1 aromatic heterocycles. The first-order valence-corrected chi connectivity index (χ1v) is 16.1. The number of nitrogens with zero attached hydrogens (tertiary/aromatic N) is 1. The van der Waals surface area contributed by atoms with Gasteiger partial charge in [0.1, 0.15) is 11.4 Å². The molecule has 2 nitrogen and oxygen atoms in total. The number of hydrogen-bond acceptors (Lipinski definition) is 1. The highest BCUT2D eigenvalue weighted by Gasteiger charge is 2.49. The number of aryl methyl sites for hydroxylation is 1. The third kappa shape index (κ3) is 5.75. The van der Waals surface area contributed by atoms with E-state index in [2.05, 4.69) is 103 Å². The third-order valence-electron chi connectivity index (χ3n) is 9.52. The Labute approximate surface area is 264 Å². The van der Waals surface area contributed by atoms with Crippen LogP contribution in [0.1, 0.15) is 111 Å². The first-order chi connectivity index (χ1) is 20.1. The minimum atomic E-state index is -1.69. The van der Waals surface area contributed by atoms with E-state index in [1.54, 1.807) is 6.08 Å². The van der Waals surface area contributed by atoms with Crippen LogP contribution in [0.15, 0.2) is 72.5 Å². The van der Waals surface area contributed by atoms with Crippen LogP contribution in [0.4, 0.5) is 4.39 Å². The minimum Gasteiger partial charge on any atom is -0.505 e. The van der Waals surface area contributed by atoms with Crippen LogP contribution in [0.25, 0.3) is 33.1 Å². The van der Waals surface area contributed by atoms with E-state index in [4.69, 9.17) is 0 Å². The topological polar surface area (TPSA) is 25.2 Å². The van der Waals surface area contributed by atoms with Crippen molar-refractivity contribution in [1.29, 1.82) is 0 Å². The smallest absolute Gasteiger partial charge is 0.143 e. The molecule has 0 radical (unpaired) electrons. The zero-order valence-corrected chi connectivity index (χ0v) is 29.0. The van der Waals surface area contributed by atoms with Crippen LogP contribution in [-0.2, 0) is 10.8 Å². The molecule has 1 N–H and O–H groups in total. The summed E-state index contributed by atoms with van der Waals surface area (Å²) in [6.07, 6.45) is 2.49. The van der Waals surface area contributed by atoms with Crippen molar-refractivity contribution in [3.05, 3.63) is 94.8 Å². The van der Waals surface area contributed by atoms with Gasteiger partial charge in [0.15, 0.2) is 0 Å². The van der Waals surface area contributed by atoms with Crippen LogP contribution in [0, 0.1) is 17.8 Å². The van der Waals surface area contributed by atoms with Gasteiger partial charge in [-0.05, 0) is 76.6 Å². The highest BCUT2D eigenvalue weighted by molar-refractivity contribution is 6.11. The number of allylic oxidation sites excluding steroid dienone is 3. The van der Waals surface area contributed by atoms with Gasteiger partial charge in [-0.3, -0.25) is 0 Å². The maximum Gasteiger partial charge on any atom is 0.143 e. The molecule has 0 saturated carbocycles. The highest BCUT2D eigenvalue weighted by atomic mass is 19.1. The van der Waals surface area contributed by atoms with E-state index in [1.807, 2.05) is 45.0 Å². The SMILES string of the molecule is Cc1cccc(C2=CC(F)(C(C)(C)CC(C)(C)C)CC(n3c4ccc(C(C)(C)C)cc4c4cc(C(C)(C)C)ccc43)=C2O)c1. The summed E-state index contributed by atoms with van der Waals surface area (Å²) in [6.45, 7) is 26.0. The fourth-order valence-corrected chi connectivity index (χ4v) is 7.20. The summed E-state index contributed by atoms with van der Waals surface area (Å²) in [5, 5.41) is 14.4. The van der Waals surface area contributed by atoms with Crippen molar-refractivity contribution in [3.8, 4) is 0 Å². The second-order valence-corrected chi connectivity index (χ2v) is 17.2. The first kappa shape index (κ1) is 32.1. The molecule has 44 heavy (non-hydrogen) atoms. The summed E-state index contributed by atoms with van der Waals surface area (Å²) in [5.41, 5.74) is 5.05. The van der Waals surface area contributed by atoms with Gasteiger partial charge in [0.2, 0.25) is 0 Å². The lowest BCUT2D eigenvalue weighted by atomic mass is 9.64. The van der Waals surface area contributed by atoms with Crippen LogP contribution in [-0.4, -0.2) is 15.3 Å². The number of hydrogen-bond donors (Lipinski definition) is 1. The Bertz CT molecular complexity index is 1740. The normalized spacial score (nSPS) is 18.8. The van der Waals surface area contributed by atoms with Crippen molar-refractivity contribution in [3.63, 3.8) is 0 Å². The van der Waals surface area contributed by atoms with E-state index < -0.39 is 11.1 Å². The lowest BCUT2D eigenvalue weighted by molar-refractivity contribution is 0.0296. The van der Waals surface area contributed by atoms with Crippen molar-refractivity contribution >= 4 is 33.1 Å². The predicted molar refractivity (Wildman–Crippen MR) is 188 cm³/mol. The largest absolute Gasteiger partial charge is 0.505 e. The van der Waals surface area contributed by atoms with Gasteiger partial charge in [-0.25, -0.2) is 4.39 Å². The molecule has 5 rings (SSSR count). The maximum atomic E-state index is 17.9. The summed E-state index contributed by atoms with van der Waals surface area (Å²) >= 11 is 0. The minimum absolute atomic E-state index is 0.0252. The molecule has 0 aliphatic heterocycles. The van der Waals surface area contributed by atoms with E-state index in [-0.39, 0.29) is 28.4 Å². The Kier molecular flexibility index (Phi) is 7.55. The molecule has 0 fully saturated rings. The molecule has 0 spiro atoms. The molecule has 3 heteroatoms. The van der Waals surface area contributed by atoms with E-state index in [9.17, 15) is 5.11 Å². The first-order valence-electron chi connectivity index (χ1n) is 16.1. The van der Waals surface area contributed by atoms with E-state index >= 15 is 4.39 Å². The Morgan fingerprint density at radius 1 is 0.750 bits per heavy atom. The van der Waals surface area contributed by atoms with Gasteiger partial charge in [-0.15, -0.1) is 0 Å². The number of aromatic nitrogens is 1. The number of fused-ring (bicyclic) bond motifs is 3. The fraction of sp³-hybridized carbons (Fsp3) is 0.463. The lowest BCUT2D eigenvalue weighted by Crippen LogP contribution is -2.43. The van der Waals surface area contributed by atoms with Crippen LogP contribution in [0.2, 0.25) is 0 Å². The molecule has 1 aliphatic carbocycles. The second kappa shape index (κ2) is 10.4. The number of alkyl halides is 1. The zero-order valence-electron chi connectivity index (χ0n) is 29.0. The summed E-state index contributed by atoms with van der Waals surface area (Å²) in [7, 11) is 0. The van der Waals surface area contributed by atoms with Gasteiger partial charge in [0, 0.05) is 28.2 Å². The predicted octanol–water partition coefficient (Wildman–Crippen LogP) is 12.1. The van der Waals surface area contributed by atoms with Crippen molar-refractivity contribution < 1.29 is 9.50 Å². The van der Waals surface area contributed by atoms with Gasteiger partial charge < -0.3 is 9.67 Å². The monoisotopic (exact) mass is 593 g/mol. The standard InChI is InChI=1S/C41H52FNO/c1-26-14-13-15-27(20-26)32-23-41(42,40(11,12)25-37(2,3)4)24-35(36(32)44)43-33-18-16-28(38(5,6)7)21-30(33)31-22-29(39(8,9)10)17-19-34(31)43/h13-23,44H,24-25H2,1-12H3. The lowest BCUT2D eigenvalue weighted by Gasteiger charge is -2.45. The van der Waals surface area contributed by atoms with Gasteiger partial charge >= 0.3 is 0 Å². The van der Waals surface area contributed by atoms with Crippen molar-refractivity contribution in [1.82, 2.24) is 4.57 Å². The van der Waals surface area contributed by atoms with Crippen LogP contribution < -0.4 is 0 Å². The molecular formula is C41H52FNO. The fourth-order valence-electron chi connectivity index (χ4n) is 7.20. The molecule has 1 heterocycles. The molecule has 0 saturated heterocycles. The van der Waals surface area contributed by atoms with Crippen LogP contribution >= 0.6 is 0 Å². The van der Waals surface area contributed by atoms with Gasteiger partial charge in [-0.2, -0.15) is 0 Å². The molecule has 0 amide bonds. The number of aliphatic hydroxyl groups excluding tert-OH is 1. The average Bonchev–Trinajstić information content (AvgIpc) is 3.20. The Balaban J connectivity index is 1.87. The Morgan fingerprint density at radius 3 is 1.73 bits per heavy atom. The zero-order chi connectivity index (χ0) is 32.6. The van der Waals surface area contributed by atoms with Crippen molar-refractivity contribution in [2.75, 3.05) is 0 Å². The molecule has 0 bridgehead atoms. The van der Waals surface area contributed by atoms with Crippen LogP contribution in [0.5, 0.6) is 0 Å². The molecule has 1 unspecified atom stereocenters. The average molecular weight is 594 g/mol. The molecule has 3 aromatic carbocycles. The van der Waals surface area contributed by atoms with E-state index in [0.29, 0.717) is 17.7 Å². The van der Waals surface area contributed by atoms with Gasteiger partial charge in [0.25, 0.3) is 0 Å². The third-order valence-corrected chi connectivity index (χ3v) is 9.52. The summed E-state index contributed by atoms with van der Waals surface area (Å²) in [5.74, 6) is 0.147. The molecule has 1 aliphatic rings. The molecule has 1 atom stereocenters. The quantitative estimate of drug-likeness (QED) is 0.250. The molecule has 234 valence electrons. The summed E-state index contributed by atoms with van der Waals surface area (Å²) in [4.78, 5) is 0. The second-order valence-electron chi connectivity index (χ2n) is 17.2. The highest BCUT2D eigenvalue weighted by Crippen LogP contribution is 2.53. The Hall–Kier alpha value is -3.33. The number of aliphatic hydroxyl groups is 1. The van der Waals surface area contributed by atoms with Gasteiger partial charge in [0.05, 0.1) is 16.7 Å². The molecule has 4 aromatic rings. The number of halogens is 1. The van der Waals surface area contributed by atoms with Crippen LogP contribution in [0.3, 0.4) is 0 Å². The van der Waals surface area contributed by atoms with E-state index in [0.717, 1.165) is 32.9 Å². The van der Waals surface area contributed by atoms with Crippen molar-refractivity contribution in [2.45, 2.75) is 112 Å². The summed E-state index contributed by atoms with van der Waals surface area (Å²) in [6, 6.07) is 21.3. The molecular weight excluding hydrogens is 541 g/mol. The summed E-state index contributed by atoms with van der Waals surface area (Å²) < 4.78 is 20.1. The Morgan fingerprint density at radius 2 is 1.27 bits per heavy atom. The van der Waals surface area contributed by atoms with Crippen molar-refractivity contribution in [2.24, 2.45) is 10.8 Å². The van der Waals surface area contributed by atoms with Gasteiger partial charge in [-0.1, -0.05) is 118 Å². The number of benzene rings is 3. The van der Waals surface area contributed by atoms with E-state index in [1.165, 1.54) is 11.1 Å². The number of rotatable bonds is 4. The maximum absolute atomic E-state index is 17.9.